The van der Waals surface area contributed by atoms with Gasteiger partial charge in [-0.3, -0.25) is 4.79 Å². The molecule has 0 spiro atoms. The summed E-state index contributed by atoms with van der Waals surface area (Å²) in [6.07, 6.45) is 1.33. The van der Waals surface area contributed by atoms with Gasteiger partial charge >= 0.3 is 5.97 Å². The SMILES string of the molecule is CCC[C@@H](NC(=O)CC(N)C(C)C)C(=O)O. The lowest BCUT2D eigenvalue weighted by Gasteiger charge is -2.18. The van der Waals surface area contributed by atoms with Crippen molar-refractivity contribution in [1.82, 2.24) is 5.32 Å². The van der Waals surface area contributed by atoms with Crippen molar-refractivity contribution in [3.8, 4) is 0 Å². The van der Waals surface area contributed by atoms with Crippen molar-refractivity contribution in [3.63, 3.8) is 0 Å². The molecule has 5 nitrogen and oxygen atoms in total. The van der Waals surface area contributed by atoms with Crippen LogP contribution in [0.5, 0.6) is 0 Å². The summed E-state index contributed by atoms with van der Waals surface area (Å²) in [6, 6.07) is -1.02. The minimum atomic E-state index is -0.992. The van der Waals surface area contributed by atoms with E-state index in [1.54, 1.807) is 0 Å². The minimum Gasteiger partial charge on any atom is -0.480 e. The molecule has 1 amide bonds. The van der Waals surface area contributed by atoms with Gasteiger partial charge in [-0.25, -0.2) is 4.79 Å². The normalized spacial score (nSPS) is 14.6. The molecule has 0 rings (SSSR count). The Morgan fingerprint density at radius 1 is 1.38 bits per heavy atom. The van der Waals surface area contributed by atoms with Gasteiger partial charge < -0.3 is 16.2 Å². The Kier molecular flexibility index (Phi) is 6.72. The second-order valence-corrected chi connectivity index (χ2v) is 4.36. The fraction of sp³-hybridized carbons (Fsp3) is 0.818. The molecule has 0 aromatic carbocycles. The molecule has 5 heteroatoms. The van der Waals surface area contributed by atoms with Crippen LogP contribution in [0.2, 0.25) is 0 Å². The molecule has 0 fully saturated rings. The van der Waals surface area contributed by atoms with Crippen LogP contribution in [-0.2, 0) is 9.59 Å². The number of amides is 1. The molecular formula is C11H22N2O3. The molecule has 0 saturated carbocycles. The summed E-state index contributed by atoms with van der Waals surface area (Å²) in [4.78, 5) is 22.3. The predicted octanol–water partition coefficient (Wildman–Crippen LogP) is 0.729. The number of carboxylic acid groups (broad SMARTS) is 1. The standard InChI is InChI=1S/C11H22N2O3/c1-4-5-9(11(15)16)13-10(14)6-8(12)7(2)3/h7-9H,4-6,12H2,1-3H3,(H,13,14)(H,15,16)/t8?,9-/m1/s1. The zero-order chi connectivity index (χ0) is 12.7. The highest BCUT2D eigenvalue weighted by molar-refractivity contribution is 5.83. The number of carbonyl (C=O) groups is 2. The molecule has 4 N–H and O–H groups in total. The second-order valence-electron chi connectivity index (χ2n) is 4.36. The largest absolute Gasteiger partial charge is 0.480 e. The third-order valence-corrected chi connectivity index (χ3v) is 2.49. The van der Waals surface area contributed by atoms with Gasteiger partial charge in [0.25, 0.3) is 0 Å². The van der Waals surface area contributed by atoms with E-state index >= 15 is 0 Å². The number of aliphatic carboxylic acids is 1. The Morgan fingerprint density at radius 2 is 1.94 bits per heavy atom. The summed E-state index contributed by atoms with van der Waals surface area (Å²) >= 11 is 0. The van der Waals surface area contributed by atoms with Gasteiger partial charge in [0, 0.05) is 12.5 Å². The number of nitrogens with two attached hydrogens (primary N) is 1. The lowest BCUT2D eigenvalue weighted by molar-refractivity contribution is -0.142. The Labute approximate surface area is 96.4 Å². The van der Waals surface area contributed by atoms with Crippen LogP contribution in [0.1, 0.15) is 40.0 Å². The number of carboxylic acids is 1. The van der Waals surface area contributed by atoms with Gasteiger partial charge in [-0.1, -0.05) is 27.2 Å². The molecule has 0 aromatic rings. The Morgan fingerprint density at radius 3 is 2.31 bits per heavy atom. The smallest absolute Gasteiger partial charge is 0.326 e. The maximum Gasteiger partial charge on any atom is 0.326 e. The molecule has 0 aromatic heterocycles. The summed E-state index contributed by atoms with van der Waals surface area (Å²) in [7, 11) is 0. The van der Waals surface area contributed by atoms with Gasteiger partial charge in [0.2, 0.25) is 5.91 Å². The van der Waals surface area contributed by atoms with Gasteiger partial charge in [0.1, 0.15) is 6.04 Å². The molecule has 16 heavy (non-hydrogen) atoms. The van der Waals surface area contributed by atoms with Crippen molar-refractivity contribution in [2.24, 2.45) is 11.7 Å². The van der Waals surface area contributed by atoms with Gasteiger partial charge in [0.05, 0.1) is 0 Å². The summed E-state index contributed by atoms with van der Waals surface area (Å²) in [5.74, 6) is -1.07. The first-order valence-corrected chi connectivity index (χ1v) is 5.66. The number of nitrogens with one attached hydrogen (secondary N) is 1. The van der Waals surface area contributed by atoms with Crippen molar-refractivity contribution in [2.75, 3.05) is 0 Å². The Hall–Kier alpha value is -1.10. The molecule has 0 radical (unpaired) electrons. The van der Waals surface area contributed by atoms with Crippen LogP contribution in [0, 0.1) is 5.92 Å². The van der Waals surface area contributed by atoms with E-state index in [2.05, 4.69) is 5.32 Å². The van der Waals surface area contributed by atoms with E-state index in [9.17, 15) is 9.59 Å². The lowest BCUT2D eigenvalue weighted by Crippen LogP contribution is -2.43. The molecule has 1 unspecified atom stereocenters. The second kappa shape index (κ2) is 7.22. The van der Waals surface area contributed by atoms with Crippen molar-refractivity contribution in [1.29, 1.82) is 0 Å². The molecule has 0 aliphatic carbocycles. The van der Waals surface area contributed by atoms with Gasteiger partial charge in [-0.15, -0.1) is 0 Å². The maximum absolute atomic E-state index is 11.5. The van der Waals surface area contributed by atoms with Crippen molar-refractivity contribution in [2.45, 2.75) is 52.1 Å². The van der Waals surface area contributed by atoms with E-state index < -0.39 is 12.0 Å². The van der Waals surface area contributed by atoms with Crippen molar-refractivity contribution >= 4 is 11.9 Å². The zero-order valence-electron chi connectivity index (χ0n) is 10.2. The number of hydrogen-bond acceptors (Lipinski definition) is 3. The molecule has 94 valence electrons. The third kappa shape index (κ3) is 5.70. The third-order valence-electron chi connectivity index (χ3n) is 2.49. The summed E-state index contributed by atoms with van der Waals surface area (Å²) < 4.78 is 0. The molecule has 0 heterocycles. The first kappa shape index (κ1) is 14.9. The van der Waals surface area contributed by atoms with Crippen LogP contribution in [-0.4, -0.2) is 29.1 Å². The van der Waals surface area contributed by atoms with Gasteiger partial charge in [-0.05, 0) is 12.3 Å². The molecule has 0 bridgehead atoms. The first-order valence-electron chi connectivity index (χ1n) is 5.66. The quantitative estimate of drug-likeness (QED) is 0.601. The van der Waals surface area contributed by atoms with Crippen LogP contribution in [0.3, 0.4) is 0 Å². The van der Waals surface area contributed by atoms with E-state index in [1.165, 1.54) is 0 Å². The first-order chi connectivity index (χ1) is 7.38. The van der Waals surface area contributed by atoms with E-state index in [4.69, 9.17) is 10.8 Å². The topological polar surface area (TPSA) is 92.4 Å². The van der Waals surface area contributed by atoms with Crippen LogP contribution in [0.4, 0.5) is 0 Å². The number of rotatable bonds is 7. The summed E-state index contributed by atoms with van der Waals surface area (Å²) in [5, 5.41) is 11.3. The Balaban J connectivity index is 4.14. The fourth-order valence-electron chi connectivity index (χ4n) is 1.25. The molecule has 0 aliphatic rings. The number of hydrogen-bond donors (Lipinski definition) is 3. The molecule has 0 saturated heterocycles. The van der Waals surface area contributed by atoms with E-state index in [-0.39, 0.29) is 24.3 Å². The fourth-order valence-corrected chi connectivity index (χ4v) is 1.25. The van der Waals surface area contributed by atoms with Crippen LogP contribution < -0.4 is 11.1 Å². The van der Waals surface area contributed by atoms with Crippen molar-refractivity contribution in [3.05, 3.63) is 0 Å². The van der Waals surface area contributed by atoms with Crippen LogP contribution in [0.25, 0.3) is 0 Å². The number of carbonyl (C=O) groups excluding carboxylic acids is 1. The molecule has 0 aliphatic heterocycles. The van der Waals surface area contributed by atoms with Crippen molar-refractivity contribution < 1.29 is 14.7 Å². The average Bonchev–Trinajstić information content (AvgIpc) is 2.16. The highest BCUT2D eigenvalue weighted by Crippen LogP contribution is 2.04. The van der Waals surface area contributed by atoms with E-state index in [0.29, 0.717) is 12.8 Å². The highest BCUT2D eigenvalue weighted by Gasteiger charge is 2.20. The average molecular weight is 230 g/mol. The minimum absolute atomic E-state index is 0.172. The zero-order valence-corrected chi connectivity index (χ0v) is 10.2. The van der Waals surface area contributed by atoms with E-state index in [0.717, 1.165) is 0 Å². The van der Waals surface area contributed by atoms with Gasteiger partial charge in [0.15, 0.2) is 0 Å². The summed E-state index contributed by atoms with van der Waals surface area (Å²) in [5.41, 5.74) is 5.73. The van der Waals surface area contributed by atoms with Crippen LogP contribution in [0.15, 0.2) is 0 Å². The van der Waals surface area contributed by atoms with Crippen LogP contribution >= 0.6 is 0 Å². The monoisotopic (exact) mass is 230 g/mol. The highest BCUT2D eigenvalue weighted by atomic mass is 16.4. The molecule has 2 atom stereocenters. The van der Waals surface area contributed by atoms with Gasteiger partial charge in [-0.2, -0.15) is 0 Å². The lowest BCUT2D eigenvalue weighted by atomic mass is 10.0. The van der Waals surface area contributed by atoms with E-state index in [1.807, 2.05) is 20.8 Å². The summed E-state index contributed by atoms with van der Waals surface area (Å²) in [6.45, 7) is 5.74. The predicted molar refractivity (Wildman–Crippen MR) is 61.9 cm³/mol. The molecular weight excluding hydrogens is 208 g/mol. The maximum atomic E-state index is 11.5. The Bertz CT molecular complexity index is 241.